The highest BCUT2D eigenvalue weighted by molar-refractivity contribution is 5.66. The van der Waals surface area contributed by atoms with E-state index in [1.54, 1.807) is 0 Å². The number of hydrogen-bond acceptors (Lipinski definition) is 9. The summed E-state index contributed by atoms with van der Waals surface area (Å²) in [4.78, 5) is 18.9. The average molecular weight is 653 g/mol. The van der Waals surface area contributed by atoms with Gasteiger partial charge in [-0.3, -0.25) is 0 Å². The van der Waals surface area contributed by atoms with Gasteiger partial charge in [-0.25, -0.2) is 4.79 Å². The van der Waals surface area contributed by atoms with Crippen LogP contribution in [0.15, 0.2) is 48.6 Å². The van der Waals surface area contributed by atoms with Crippen molar-refractivity contribution in [3.63, 3.8) is 0 Å². The number of ether oxygens (including phenoxy) is 6. The molecule has 0 aromatic heterocycles. The van der Waals surface area contributed by atoms with E-state index >= 15 is 0 Å². The van der Waals surface area contributed by atoms with Crippen LogP contribution >= 0.6 is 0 Å². The van der Waals surface area contributed by atoms with E-state index < -0.39 is 18.4 Å². The Morgan fingerprint density at radius 3 is 1.62 bits per heavy atom. The van der Waals surface area contributed by atoms with Crippen LogP contribution in [0.4, 0.5) is 4.79 Å². The molecule has 2 saturated heterocycles. The molecule has 9 heteroatoms. The van der Waals surface area contributed by atoms with E-state index in [4.69, 9.17) is 28.4 Å². The molecule has 1 unspecified atom stereocenters. The van der Waals surface area contributed by atoms with Crippen molar-refractivity contribution in [2.45, 2.75) is 86.9 Å². The number of likely N-dealkylation sites (N-methyl/N-ethyl adjacent to an activating group) is 2. The van der Waals surface area contributed by atoms with E-state index in [1.807, 2.05) is 38.1 Å². The van der Waals surface area contributed by atoms with Crippen molar-refractivity contribution in [2.24, 2.45) is 11.8 Å². The Hall–Kier alpha value is -3.69. The van der Waals surface area contributed by atoms with Crippen molar-refractivity contribution in [1.82, 2.24) is 9.80 Å². The number of nitrogens with zero attached hydrogens (tertiary/aromatic N) is 2. The third-order valence-electron chi connectivity index (χ3n) is 13.3. The number of carbonyl (C=O) groups is 1. The molecule has 4 aliphatic carbocycles. The van der Waals surface area contributed by atoms with Crippen LogP contribution in [-0.4, -0.2) is 92.9 Å². The molecule has 0 amide bonds. The first-order chi connectivity index (χ1) is 23.4. The summed E-state index contributed by atoms with van der Waals surface area (Å²) in [6, 6.07) is 9.25. The minimum absolute atomic E-state index is 0.267. The van der Waals surface area contributed by atoms with Gasteiger partial charge in [-0.2, -0.15) is 0 Å². The fraction of sp³-hybridized carbons (Fsp3) is 0.564. The summed E-state index contributed by atoms with van der Waals surface area (Å²) in [6.07, 6.45) is 9.83. The van der Waals surface area contributed by atoms with Crippen molar-refractivity contribution in [3.8, 4) is 23.0 Å². The van der Waals surface area contributed by atoms with E-state index in [0.717, 1.165) is 61.8 Å². The number of piperidine rings is 2. The maximum absolute atomic E-state index is 13.9. The smallest absolute Gasteiger partial charge is 0.490 e. The molecule has 8 aliphatic rings. The summed E-state index contributed by atoms with van der Waals surface area (Å²) >= 11 is 0. The maximum Gasteiger partial charge on any atom is 0.509 e. The van der Waals surface area contributed by atoms with Crippen molar-refractivity contribution in [3.05, 3.63) is 70.8 Å². The van der Waals surface area contributed by atoms with E-state index in [1.165, 1.54) is 22.3 Å². The molecule has 0 saturated carbocycles. The Balaban J connectivity index is 0.968. The monoisotopic (exact) mass is 652 g/mol. The predicted octanol–water partition coefficient (Wildman–Crippen LogP) is 4.96. The highest BCUT2D eigenvalue weighted by atomic mass is 16.7. The maximum atomic E-state index is 13.9. The second-order valence-electron chi connectivity index (χ2n) is 15.1. The van der Waals surface area contributed by atoms with Crippen molar-refractivity contribution in [1.29, 1.82) is 0 Å². The van der Waals surface area contributed by atoms with E-state index in [-0.39, 0.29) is 34.9 Å². The number of rotatable bonds is 6. The number of benzene rings is 2. The Morgan fingerprint density at radius 1 is 0.729 bits per heavy atom. The van der Waals surface area contributed by atoms with Crippen LogP contribution < -0.4 is 18.9 Å². The summed E-state index contributed by atoms with van der Waals surface area (Å²) in [6.45, 7) is 7.02. The molecule has 0 radical (unpaired) electrons. The topological polar surface area (TPSA) is 78.9 Å². The highest BCUT2D eigenvalue weighted by Crippen LogP contribution is 2.64. The standard InChI is InChI=1S/C39H44N2O7/c1-5-43-27-11-7-21-19-25-23-9-13-29(35-38(23,15-17-40(25)3)31(21)33(27)47-35)45-37(42)46-30-14-10-24-26-20-22-8-12-28(44-6-2)34-32(22)39(24,36(30)48-34)16-18-41(26)4/h7-14,23-26,29-30,35-36H,5-6,15-20H2,1-4H3/t23-,24-,25+,26?,29-,30-,35-,36-,38-,39-/m0/s1. The van der Waals surface area contributed by atoms with Crippen molar-refractivity contribution >= 4 is 6.16 Å². The van der Waals surface area contributed by atoms with Crippen LogP contribution in [0.5, 0.6) is 23.0 Å². The summed E-state index contributed by atoms with van der Waals surface area (Å²) in [5, 5.41) is 0. The molecule has 4 bridgehead atoms. The van der Waals surface area contributed by atoms with Crippen LogP contribution in [0.2, 0.25) is 0 Å². The number of likely N-dealkylation sites (tertiary alicyclic amines) is 2. The first-order valence-electron chi connectivity index (χ1n) is 17.9. The predicted molar refractivity (Wildman–Crippen MR) is 177 cm³/mol. The van der Waals surface area contributed by atoms with Gasteiger partial charge in [0, 0.05) is 45.9 Å². The molecule has 2 fully saturated rings. The number of carbonyl (C=O) groups excluding carboxylic acids is 1. The second kappa shape index (κ2) is 10.2. The van der Waals surface area contributed by atoms with E-state index in [2.05, 4.69) is 48.2 Å². The fourth-order valence-electron chi connectivity index (χ4n) is 11.4. The summed E-state index contributed by atoms with van der Waals surface area (Å²) < 4.78 is 38.4. The molecule has 0 N–H and O–H groups in total. The van der Waals surface area contributed by atoms with Gasteiger partial charge in [-0.05, 0) is 102 Å². The van der Waals surface area contributed by atoms with Gasteiger partial charge in [-0.1, -0.05) is 24.3 Å². The van der Waals surface area contributed by atoms with Gasteiger partial charge in [0.25, 0.3) is 0 Å². The van der Waals surface area contributed by atoms with E-state index in [0.29, 0.717) is 25.3 Å². The van der Waals surface area contributed by atoms with E-state index in [9.17, 15) is 4.79 Å². The molecule has 9 nitrogen and oxygen atoms in total. The normalized spacial score (nSPS) is 38.8. The van der Waals surface area contributed by atoms with Gasteiger partial charge in [0.2, 0.25) is 0 Å². The fourth-order valence-corrected chi connectivity index (χ4v) is 11.4. The molecular weight excluding hydrogens is 608 g/mol. The van der Waals surface area contributed by atoms with Crippen molar-refractivity contribution in [2.75, 3.05) is 40.4 Å². The third kappa shape index (κ3) is 3.57. The zero-order chi connectivity index (χ0) is 32.5. The molecule has 252 valence electrons. The Bertz CT molecular complexity index is 1650. The second-order valence-corrected chi connectivity index (χ2v) is 15.1. The molecule has 48 heavy (non-hydrogen) atoms. The molecule has 4 heterocycles. The van der Waals surface area contributed by atoms with Gasteiger partial charge < -0.3 is 38.2 Å². The van der Waals surface area contributed by atoms with Gasteiger partial charge in [0.15, 0.2) is 35.2 Å². The highest BCUT2D eigenvalue weighted by Gasteiger charge is 2.67. The molecule has 2 aromatic carbocycles. The Morgan fingerprint density at radius 2 is 1.19 bits per heavy atom. The zero-order valence-electron chi connectivity index (χ0n) is 28.1. The molecule has 10 rings (SSSR count). The zero-order valence-corrected chi connectivity index (χ0v) is 28.1. The van der Waals surface area contributed by atoms with Gasteiger partial charge in [0.05, 0.1) is 13.2 Å². The lowest BCUT2D eigenvalue weighted by Crippen LogP contribution is -2.65. The van der Waals surface area contributed by atoms with Crippen LogP contribution in [-0.2, 0) is 33.1 Å². The van der Waals surface area contributed by atoms with Gasteiger partial charge in [0.1, 0.15) is 12.2 Å². The van der Waals surface area contributed by atoms with Crippen LogP contribution in [0.3, 0.4) is 0 Å². The largest absolute Gasteiger partial charge is 0.509 e. The third-order valence-corrected chi connectivity index (χ3v) is 13.3. The lowest BCUT2D eigenvalue weighted by molar-refractivity contribution is -0.0875. The molecular formula is C39H44N2O7. The van der Waals surface area contributed by atoms with Crippen LogP contribution in [0.25, 0.3) is 0 Å². The molecule has 4 aliphatic heterocycles. The minimum atomic E-state index is -0.695. The average Bonchev–Trinajstić information content (AvgIpc) is 3.62. The van der Waals surface area contributed by atoms with Crippen LogP contribution in [0.1, 0.15) is 48.9 Å². The first kappa shape index (κ1) is 29.2. The minimum Gasteiger partial charge on any atom is -0.490 e. The summed E-state index contributed by atoms with van der Waals surface area (Å²) in [7, 11) is 4.45. The van der Waals surface area contributed by atoms with Gasteiger partial charge >= 0.3 is 6.16 Å². The Kier molecular flexibility index (Phi) is 6.20. The number of hydrogen-bond donors (Lipinski definition) is 0. The summed E-state index contributed by atoms with van der Waals surface area (Å²) in [5.41, 5.74) is 4.58. The molecule has 10 atom stereocenters. The Labute approximate surface area is 281 Å². The SMILES string of the molecule is CCOc1ccc2c3c1O[C@H]1[C@@H](OC(=O)O[C@H]4C=C[C@H]5[C@H]6Cc7ccc(OCC)c8c7[C@@]5(CCN6C)[C@H]4O8)C=C[C@H]4C(C2)N(C)CC[C@@]341. The first-order valence-corrected chi connectivity index (χ1v) is 17.9. The summed E-state index contributed by atoms with van der Waals surface area (Å²) in [5.74, 6) is 3.72. The quantitative estimate of drug-likeness (QED) is 0.318. The lowest BCUT2D eigenvalue weighted by Gasteiger charge is -2.57. The lowest BCUT2D eigenvalue weighted by atomic mass is 9.53. The molecule has 2 aromatic rings. The molecule has 2 spiro atoms. The van der Waals surface area contributed by atoms with Crippen LogP contribution in [0, 0.1) is 11.8 Å². The van der Waals surface area contributed by atoms with Gasteiger partial charge in [-0.15, -0.1) is 0 Å². The van der Waals surface area contributed by atoms with Crippen molar-refractivity contribution < 1.29 is 33.2 Å².